The van der Waals surface area contributed by atoms with Crippen LogP contribution >= 0.6 is 11.6 Å². The molecule has 0 aliphatic rings. The predicted molar refractivity (Wildman–Crippen MR) is 63.0 cm³/mol. The van der Waals surface area contributed by atoms with Crippen molar-refractivity contribution in [1.82, 2.24) is 9.97 Å². The van der Waals surface area contributed by atoms with Gasteiger partial charge in [0.25, 0.3) is 0 Å². The molecular formula is C12H13ClN2. The molecule has 0 saturated carbocycles. The van der Waals surface area contributed by atoms with Crippen molar-refractivity contribution < 1.29 is 0 Å². The van der Waals surface area contributed by atoms with Crippen molar-refractivity contribution in [1.29, 1.82) is 0 Å². The third kappa shape index (κ3) is 2.39. The Morgan fingerprint density at radius 1 is 1.27 bits per heavy atom. The highest BCUT2D eigenvalue weighted by Gasteiger charge is 2.02. The zero-order valence-corrected chi connectivity index (χ0v) is 9.38. The monoisotopic (exact) mass is 220 g/mol. The number of H-pyrrole nitrogens is 1. The molecule has 0 unspecified atom stereocenters. The van der Waals surface area contributed by atoms with E-state index in [0.717, 1.165) is 29.3 Å². The fourth-order valence-electron chi connectivity index (χ4n) is 1.51. The van der Waals surface area contributed by atoms with E-state index in [4.69, 9.17) is 11.6 Å². The largest absolute Gasteiger partial charge is 0.342 e. The summed E-state index contributed by atoms with van der Waals surface area (Å²) in [4.78, 5) is 7.63. The van der Waals surface area contributed by atoms with Gasteiger partial charge < -0.3 is 4.98 Å². The first-order valence-electron chi connectivity index (χ1n) is 5.09. The van der Waals surface area contributed by atoms with E-state index in [2.05, 4.69) is 16.9 Å². The molecule has 0 aliphatic heterocycles. The lowest BCUT2D eigenvalue weighted by Gasteiger charge is -1.96. The molecule has 1 N–H and O–H groups in total. The lowest BCUT2D eigenvalue weighted by atomic mass is 10.2. The van der Waals surface area contributed by atoms with Gasteiger partial charge in [-0.15, -0.1) is 0 Å². The van der Waals surface area contributed by atoms with Crippen molar-refractivity contribution in [3.8, 4) is 11.4 Å². The van der Waals surface area contributed by atoms with Crippen LogP contribution in [0.5, 0.6) is 0 Å². The second-order valence-electron chi connectivity index (χ2n) is 3.51. The van der Waals surface area contributed by atoms with Crippen molar-refractivity contribution in [2.75, 3.05) is 0 Å². The van der Waals surface area contributed by atoms with Crippen molar-refractivity contribution in [2.24, 2.45) is 0 Å². The molecule has 0 bridgehead atoms. The van der Waals surface area contributed by atoms with Gasteiger partial charge in [0.1, 0.15) is 5.82 Å². The van der Waals surface area contributed by atoms with Crippen molar-refractivity contribution >= 4 is 11.6 Å². The van der Waals surface area contributed by atoms with Crippen LogP contribution in [-0.2, 0) is 6.42 Å². The van der Waals surface area contributed by atoms with E-state index in [0.29, 0.717) is 0 Å². The minimum absolute atomic E-state index is 0.749. The van der Waals surface area contributed by atoms with Gasteiger partial charge in [0.2, 0.25) is 0 Å². The predicted octanol–water partition coefficient (Wildman–Crippen LogP) is 3.68. The average molecular weight is 221 g/mol. The fourth-order valence-corrected chi connectivity index (χ4v) is 1.64. The second kappa shape index (κ2) is 4.49. The molecule has 3 heteroatoms. The van der Waals surface area contributed by atoms with E-state index in [1.165, 1.54) is 5.69 Å². The highest BCUT2D eigenvalue weighted by molar-refractivity contribution is 6.30. The number of imidazole rings is 1. The molecule has 0 aliphatic carbocycles. The van der Waals surface area contributed by atoms with E-state index in [9.17, 15) is 0 Å². The van der Waals surface area contributed by atoms with Crippen LogP contribution in [0.4, 0.5) is 0 Å². The van der Waals surface area contributed by atoms with Crippen LogP contribution in [0.15, 0.2) is 30.5 Å². The summed E-state index contributed by atoms with van der Waals surface area (Å²) in [5.41, 5.74) is 2.25. The normalized spacial score (nSPS) is 10.5. The fraction of sp³-hybridized carbons (Fsp3) is 0.250. The number of benzene rings is 1. The summed E-state index contributed by atoms with van der Waals surface area (Å²) < 4.78 is 0. The molecule has 1 aromatic heterocycles. The first-order chi connectivity index (χ1) is 7.29. The van der Waals surface area contributed by atoms with E-state index < -0.39 is 0 Å². The molecule has 0 fully saturated rings. The number of nitrogens with one attached hydrogen (secondary N) is 1. The summed E-state index contributed by atoms with van der Waals surface area (Å²) in [6.45, 7) is 2.16. The minimum Gasteiger partial charge on any atom is -0.342 e. The summed E-state index contributed by atoms with van der Waals surface area (Å²) in [5.74, 6) is 0.912. The van der Waals surface area contributed by atoms with E-state index in [1.54, 1.807) is 0 Å². The van der Waals surface area contributed by atoms with Gasteiger partial charge in [0.05, 0.1) is 0 Å². The summed E-state index contributed by atoms with van der Waals surface area (Å²) in [6, 6.07) is 7.69. The molecule has 1 aromatic carbocycles. The van der Waals surface area contributed by atoms with Crippen LogP contribution in [-0.4, -0.2) is 9.97 Å². The maximum atomic E-state index is 5.82. The molecule has 2 nitrogen and oxygen atoms in total. The zero-order valence-electron chi connectivity index (χ0n) is 8.63. The average Bonchev–Trinajstić information content (AvgIpc) is 2.68. The molecule has 78 valence electrons. The molecule has 0 atom stereocenters. The van der Waals surface area contributed by atoms with Crippen LogP contribution < -0.4 is 0 Å². The Bertz CT molecular complexity index is 431. The summed E-state index contributed by atoms with van der Waals surface area (Å²) in [7, 11) is 0. The lowest BCUT2D eigenvalue weighted by molar-refractivity contribution is 0.893. The number of aromatic amines is 1. The second-order valence-corrected chi connectivity index (χ2v) is 3.95. The van der Waals surface area contributed by atoms with Crippen molar-refractivity contribution in [3.05, 3.63) is 41.2 Å². The van der Waals surface area contributed by atoms with Gasteiger partial charge in [-0.05, 0) is 30.7 Å². The highest BCUT2D eigenvalue weighted by Crippen LogP contribution is 2.18. The zero-order chi connectivity index (χ0) is 10.7. The van der Waals surface area contributed by atoms with Crippen LogP contribution in [0.2, 0.25) is 5.02 Å². The lowest BCUT2D eigenvalue weighted by Crippen LogP contribution is -1.83. The molecule has 0 amide bonds. The maximum Gasteiger partial charge on any atom is 0.137 e. The molecule has 0 saturated heterocycles. The van der Waals surface area contributed by atoms with Crippen LogP contribution in [0.25, 0.3) is 11.4 Å². The first kappa shape index (κ1) is 10.2. The smallest absolute Gasteiger partial charge is 0.137 e. The number of rotatable bonds is 3. The summed E-state index contributed by atoms with van der Waals surface area (Å²) in [5, 5.41) is 0.749. The Hall–Kier alpha value is -1.28. The number of nitrogens with zero attached hydrogens (tertiary/aromatic N) is 1. The highest BCUT2D eigenvalue weighted by atomic mass is 35.5. The molecule has 1 heterocycles. The topological polar surface area (TPSA) is 28.7 Å². The number of hydrogen-bond donors (Lipinski definition) is 1. The van der Waals surface area contributed by atoms with Gasteiger partial charge in [-0.2, -0.15) is 0 Å². The van der Waals surface area contributed by atoms with Crippen LogP contribution in [0, 0.1) is 0 Å². The van der Waals surface area contributed by atoms with Gasteiger partial charge in [0.15, 0.2) is 0 Å². The third-order valence-electron chi connectivity index (χ3n) is 2.27. The molecular weight excluding hydrogens is 208 g/mol. The van der Waals surface area contributed by atoms with Gasteiger partial charge in [-0.3, -0.25) is 0 Å². The van der Waals surface area contributed by atoms with Gasteiger partial charge in [0, 0.05) is 22.5 Å². The maximum absolute atomic E-state index is 5.82. The van der Waals surface area contributed by atoms with Gasteiger partial charge >= 0.3 is 0 Å². The molecule has 2 aromatic rings. The Morgan fingerprint density at radius 3 is 2.67 bits per heavy atom. The third-order valence-corrected chi connectivity index (χ3v) is 2.52. The van der Waals surface area contributed by atoms with Crippen LogP contribution in [0.1, 0.15) is 19.0 Å². The van der Waals surface area contributed by atoms with Gasteiger partial charge in [-0.1, -0.05) is 24.9 Å². The Labute approximate surface area is 94.3 Å². The SMILES string of the molecule is CCCc1cnc(-c2ccc(Cl)cc2)[nH]1. The molecule has 2 rings (SSSR count). The van der Waals surface area contributed by atoms with E-state index in [1.807, 2.05) is 30.5 Å². The molecule has 0 spiro atoms. The summed E-state index contributed by atoms with van der Waals surface area (Å²) >= 11 is 5.82. The van der Waals surface area contributed by atoms with Gasteiger partial charge in [-0.25, -0.2) is 4.98 Å². The Morgan fingerprint density at radius 2 is 2.00 bits per heavy atom. The van der Waals surface area contributed by atoms with E-state index >= 15 is 0 Å². The molecule has 15 heavy (non-hydrogen) atoms. The minimum atomic E-state index is 0.749. The number of aromatic nitrogens is 2. The quantitative estimate of drug-likeness (QED) is 0.840. The van der Waals surface area contributed by atoms with E-state index in [-0.39, 0.29) is 0 Å². The summed E-state index contributed by atoms with van der Waals surface area (Å²) in [6.07, 6.45) is 4.07. The number of aryl methyl sites for hydroxylation is 1. The standard InChI is InChI=1S/C12H13ClN2/c1-2-3-11-8-14-12(15-11)9-4-6-10(13)7-5-9/h4-8H,2-3H2,1H3,(H,14,15). The number of halogens is 1. The first-order valence-corrected chi connectivity index (χ1v) is 5.47. The van der Waals surface area contributed by atoms with Crippen molar-refractivity contribution in [2.45, 2.75) is 19.8 Å². The Balaban J connectivity index is 2.25. The van der Waals surface area contributed by atoms with Crippen molar-refractivity contribution in [3.63, 3.8) is 0 Å². The van der Waals surface area contributed by atoms with Crippen LogP contribution in [0.3, 0.4) is 0 Å². The number of hydrogen-bond acceptors (Lipinski definition) is 1. The molecule has 0 radical (unpaired) electrons. The Kier molecular flexibility index (Phi) is 3.07.